The molecule has 1 aromatic rings. The molecule has 2 N–H and O–H groups in total. The summed E-state index contributed by atoms with van der Waals surface area (Å²) in [5.41, 5.74) is 6.76. The van der Waals surface area contributed by atoms with Crippen LogP contribution < -0.4 is 5.73 Å². The van der Waals surface area contributed by atoms with Crippen molar-refractivity contribution in [3.8, 4) is 6.07 Å². The van der Waals surface area contributed by atoms with Gasteiger partial charge >= 0.3 is 0 Å². The first-order valence-corrected chi connectivity index (χ1v) is 10.7. The third kappa shape index (κ3) is 2.91. The predicted octanol–water partition coefficient (Wildman–Crippen LogP) is 1.01. The fraction of sp³-hybridized carbons (Fsp3) is 0.591. The molecule has 4 aliphatic rings. The van der Waals surface area contributed by atoms with E-state index in [4.69, 9.17) is 5.73 Å². The summed E-state index contributed by atoms with van der Waals surface area (Å²) in [6, 6.07) is 7.17. The number of fused-ring (bicyclic) bond motifs is 3. The van der Waals surface area contributed by atoms with Crippen LogP contribution in [-0.4, -0.2) is 69.8 Å². The van der Waals surface area contributed by atoms with Crippen LogP contribution >= 0.6 is 0 Å². The Morgan fingerprint density at radius 1 is 1.33 bits per heavy atom. The number of hydrogen-bond donors (Lipinski definition) is 1. The summed E-state index contributed by atoms with van der Waals surface area (Å²) in [6.07, 6.45) is 2.38. The van der Waals surface area contributed by atoms with Gasteiger partial charge in [-0.1, -0.05) is 18.2 Å². The number of nitrogens with two attached hydrogens (primary N) is 1. The van der Waals surface area contributed by atoms with Crippen molar-refractivity contribution in [2.24, 2.45) is 11.7 Å². The molecule has 30 heavy (non-hydrogen) atoms. The summed E-state index contributed by atoms with van der Waals surface area (Å²) in [5, 5.41) is 9.33. The Morgan fingerprint density at radius 3 is 2.80 bits per heavy atom. The Bertz CT molecular complexity index is 932. The van der Waals surface area contributed by atoms with Gasteiger partial charge in [-0.15, -0.1) is 0 Å². The summed E-state index contributed by atoms with van der Waals surface area (Å²) in [7, 11) is 0. The Hall–Kier alpha value is -2.50. The fourth-order valence-electron chi connectivity index (χ4n) is 5.77. The van der Waals surface area contributed by atoms with E-state index in [2.05, 4.69) is 6.07 Å². The van der Waals surface area contributed by atoms with E-state index in [0.29, 0.717) is 31.0 Å². The van der Waals surface area contributed by atoms with E-state index in [1.165, 1.54) is 6.07 Å². The topological polar surface area (TPSA) is 93.7 Å². The molecule has 1 aromatic carbocycles. The lowest BCUT2D eigenvalue weighted by Crippen LogP contribution is -2.57. The van der Waals surface area contributed by atoms with Crippen molar-refractivity contribution < 1.29 is 14.0 Å². The van der Waals surface area contributed by atoms with Crippen molar-refractivity contribution in [2.75, 3.05) is 13.1 Å². The highest BCUT2D eigenvalue weighted by atomic mass is 19.1. The predicted molar refractivity (Wildman–Crippen MR) is 106 cm³/mol. The van der Waals surface area contributed by atoms with Gasteiger partial charge in [0.1, 0.15) is 11.9 Å². The van der Waals surface area contributed by atoms with E-state index in [9.17, 15) is 19.2 Å². The van der Waals surface area contributed by atoms with Crippen LogP contribution in [-0.2, 0) is 9.59 Å². The Labute approximate surface area is 175 Å². The highest BCUT2D eigenvalue weighted by molar-refractivity contribution is 5.87. The quantitative estimate of drug-likeness (QED) is 0.781. The van der Waals surface area contributed by atoms with Crippen molar-refractivity contribution in [2.45, 2.75) is 62.4 Å². The number of nitriles is 1. The molecule has 3 heterocycles. The average molecular weight is 411 g/mol. The van der Waals surface area contributed by atoms with Crippen molar-refractivity contribution in [1.29, 1.82) is 5.26 Å². The molecule has 2 amide bonds. The Kier molecular flexibility index (Phi) is 4.56. The number of halogens is 1. The molecule has 0 aromatic heterocycles. The number of piperidine rings is 1. The normalized spacial score (nSPS) is 34.1. The lowest BCUT2D eigenvalue weighted by atomic mass is 10.0. The molecule has 3 saturated heterocycles. The van der Waals surface area contributed by atoms with Gasteiger partial charge < -0.3 is 15.5 Å². The van der Waals surface area contributed by atoms with Crippen LogP contribution in [0.3, 0.4) is 0 Å². The van der Waals surface area contributed by atoms with Crippen molar-refractivity contribution >= 4 is 11.8 Å². The summed E-state index contributed by atoms with van der Waals surface area (Å²) in [6.45, 7) is 2.79. The minimum absolute atomic E-state index is 0.00846. The molecule has 1 saturated carbocycles. The molecule has 0 radical (unpaired) electrons. The van der Waals surface area contributed by atoms with Gasteiger partial charge in [0, 0.05) is 30.7 Å². The zero-order valence-electron chi connectivity index (χ0n) is 16.9. The molecule has 158 valence electrons. The largest absolute Gasteiger partial charge is 0.330 e. The summed E-state index contributed by atoms with van der Waals surface area (Å²) in [4.78, 5) is 31.4. The number of rotatable bonds is 5. The van der Waals surface area contributed by atoms with E-state index in [1.807, 2.05) is 11.8 Å². The molecule has 3 aliphatic heterocycles. The van der Waals surface area contributed by atoms with Crippen molar-refractivity contribution in [1.82, 2.24) is 14.7 Å². The van der Waals surface area contributed by atoms with Crippen LogP contribution in [0, 0.1) is 23.1 Å². The monoisotopic (exact) mass is 411 g/mol. The lowest BCUT2D eigenvalue weighted by Gasteiger charge is -2.38. The number of carbonyl (C=O) groups is 2. The van der Waals surface area contributed by atoms with Gasteiger partial charge in [-0.2, -0.15) is 5.26 Å². The molecule has 7 atom stereocenters. The smallest absolute Gasteiger partial charge is 0.242 e. The Balaban J connectivity index is 1.24. The van der Waals surface area contributed by atoms with Gasteiger partial charge in [0.25, 0.3) is 0 Å². The summed E-state index contributed by atoms with van der Waals surface area (Å²) >= 11 is 0. The molecule has 0 spiro atoms. The third-order valence-corrected chi connectivity index (χ3v) is 7.34. The second kappa shape index (κ2) is 7.03. The van der Waals surface area contributed by atoms with E-state index in [0.717, 1.165) is 12.8 Å². The summed E-state index contributed by atoms with van der Waals surface area (Å²) in [5.74, 6) is -0.0666. The van der Waals surface area contributed by atoms with E-state index >= 15 is 0 Å². The molecule has 8 heteroatoms. The molecule has 4 fully saturated rings. The average Bonchev–Trinajstić information content (AvgIpc) is 3.07. The maximum Gasteiger partial charge on any atom is 0.242 e. The van der Waals surface area contributed by atoms with Crippen LogP contribution in [0.2, 0.25) is 0 Å². The number of likely N-dealkylation sites (tertiary alicyclic amines) is 3. The molecule has 2 unspecified atom stereocenters. The molecule has 2 bridgehead atoms. The number of piperazine rings is 1. The molecular formula is C22H26FN5O2. The SMILES string of the molecule is C[C@@H](c1ccccc1F)N1C(=O)[C@@H]2CC1CN2C[C@H](N)C(=O)N1C2C[C@H]2C[C@H]1C#N. The standard InChI is InChI=1S/C22H26FN5O2/c1-12(16-4-2-3-5-17(16)23)27-15-8-20(22(27)30)26(10-15)11-18(25)21(29)28-14(9-24)6-13-7-19(13)28/h2-5,12-15,18-20H,6-8,10-11,25H2,1H3/t12-,13+,14-,15?,18-,19?,20-/m0/s1. The van der Waals surface area contributed by atoms with Crippen molar-refractivity contribution in [3.05, 3.63) is 35.6 Å². The van der Waals surface area contributed by atoms with Gasteiger partial charge in [-0.25, -0.2) is 4.39 Å². The Morgan fingerprint density at radius 2 is 2.10 bits per heavy atom. The zero-order chi connectivity index (χ0) is 21.2. The lowest BCUT2D eigenvalue weighted by molar-refractivity contribution is -0.141. The molecule has 7 nitrogen and oxygen atoms in total. The first-order valence-electron chi connectivity index (χ1n) is 10.7. The van der Waals surface area contributed by atoms with Crippen LogP contribution in [0.5, 0.6) is 0 Å². The molecule has 1 aliphatic carbocycles. The zero-order valence-corrected chi connectivity index (χ0v) is 16.9. The van der Waals surface area contributed by atoms with Gasteiger partial charge in [0.15, 0.2) is 0 Å². The molecular weight excluding hydrogens is 385 g/mol. The van der Waals surface area contributed by atoms with Crippen molar-refractivity contribution in [3.63, 3.8) is 0 Å². The number of hydrogen-bond acceptors (Lipinski definition) is 5. The van der Waals surface area contributed by atoms with Crippen LogP contribution in [0.4, 0.5) is 4.39 Å². The highest BCUT2D eigenvalue weighted by Gasteiger charge is 2.56. The molecule has 5 rings (SSSR count). The van der Waals surface area contributed by atoms with E-state index in [-0.39, 0.29) is 47.8 Å². The van der Waals surface area contributed by atoms with Crippen LogP contribution in [0.15, 0.2) is 24.3 Å². The summed E-state index contributed by atoms with van der Waals surface area (Å²) < 4.78 is 14.2. The first kappa shape index (κ1) is 19.5. The number of amides is 2. The maximum atomic E-state index is 14.2. The number of nitrogens with zero attached hydrogens (tertiary/aromatic N) is 4. The van der Waals surface area contributed by atoms with E-state index < -0.39 is 6.04 Å². The van der Waals surface area contributed by atoms with Crippen LogP contribution in [0.25, 0.3) is 0 Å². The number of benzene rings is 1. The van der Waals surface area contributed by atoms with Gasteiger partial charge in [0.2, 0.25) is 11.8 Å². The second-order valence-electron chi connectivity index (χ2n) is 9.10. The second-order valence-corrected chi connectivity index (χ2v) is 9.10. The van der Waals surface area contributed by atoms with Gasteiger partial charge in [-0.3, -0.25) is 14.5 Å². The first-order chi connectivity index (χ1) is 14.4. The fourth-order valence-corrected chi connectivity index (χ4v) is 5.77. The van der Waals surface area contributed by atoms with E-state index in [1.54, 1.807) is 28.0 Å². The van der Waals surface area contributed by atoms with Crippen LogP contribution in [0.1, 0.15) is 37.8 Å². The highest BCUT2D eigenvalue weighted by Crippen LogP contribution is 2.48. The number of carbonyl (C=O) groups excluding carboxylic acids is 2. The van der Waals surface area contributed by atoms with Gasteiger partial charge in [-0.05, 0) is 38.2 Å². The minimum Gasteiger partial charge on any atom is -0.330 e. The third-order valence-electron chi connectivity index (χ3n) is 7.34. The minimum atomic E-state index is -0.746. The van der Waals surface area contributed by atoms with Gasteiger partial charge in [0.05, 0.1) is 24.2 Å². The maximum absolute atomic E-state index is 14.2.